The zero-order valence-electron chi connectivity index (χ0n) is 11.2. The summed E-state index contributed by atoms with van der Waals surface area (Å²) in [6, 6.07) is 11.9. The van der Waals surface area contributed by atoms with E-state index in [-0.39, 0.29) is 11.6 Å². The topological polar surface area (TPSA) is 20.2 Å². The van der Waals surface area contributed by atoms with Crippen LogP contribution in [0.2, 0.25) is 0 Å². The molecule has 112 valence electrons. The van der Waals surface area contributed by atoms with E-state index in [1.165, 1.54) is 12.1 Å². The lowest BCUT2D eigenvalue weighted by atomic mass is 9.97. The molecule has 0 radical (unpaired) electrons. The van der Waals surface area contributed by atoms with Gasteiger partial charge in [-0.1, -0.05) is 36.4 Å². The van der Waals surface area contributed by atoms with Crippen LogP contribution >= 0.6 is 0 Å². The Morgan fingerprint density at radius 3 is 1.95 bits per heavy atom. The summed E-state index contributed by atoms with van der Waals surface area (Å²) in [5, 5.41) is 11.7. The lowest BCUT2D eigenvalue weighted by Crippen LogP contribution is -2.09. The largest absolute Gasteiger partial charge is 0.383 e. The maximum Gasteiger partial charge on any atom is 0.168 e. The third kappa shape index (κ3) is 2.33. The highest BCUT2D eigenvalue weighted by Crippen LogP contribution is 2.31. The molecule has 5 heteroatoms. The molecular weight excluding hydrogens is 296 g/mol. The highest BCUT2D eigenvalue weighted by Gasteiger charge is 2.26. The number of halogens is 4. The predicted octanol–water partition coefficient (Wildman–Crippen LogP) is 4.48. The van der Waals surface area contributed by atoms with Gasteiger partial charge in [0.15, 0.2) is 23.3 Å². The zero-order valence-corrected chi connectivity index (χ0v) is 11.2. The molecule has 0 fully saturated rings. The third-order valence-electron chi connectivity index (χ3n) is 3.51. The van der Waals surface area contributed by atoms with Gasteiger partial charge in [-0.05, 0) is 22.4 Å². The highest BCUT2D eigenvalue weighted by atomic mass is 19.2. The Hall–Kier alpha value is -2.40. The molecule has 0 aromatic heterocycles. The van der Waals surface area contributed by atoms with E-state index in [9.17, 15) is 22.7 Å². The molecule has 1 atom stereocenters. The fourth-order valence-corrected chi connectivity index (χ4v) is 2.38. The van der Waals surface area contributed by atoms with E-state index >= 15 is 0 Å². The van der Waals surface area contributed by atoms with Gasteiger partial charge in [0.25, 0.3) is 0 Å². The predicted molar refractivity (Wildman–Crippen MR) is 74.3 cm³/mol. The molecule has 0 aliphatic heterocycles. The fraction of sp³-hybridized carbons (Fsp3) is 0.0588. The number of hydrogen-bond donors (Lipinski definition) is 1. The molecule has 0 spiro atoms. The Kier molecular flexibility index (Phi) is 3.58. The molecule has 0 amide bonds. The van der Waals surface area contributed by atoms with Crippen molar-refractivity contribution in [1.82, 2.24) is 0 Å². The molecule has 1 nitrogen and oxygen atoms in total. The number of fused-ring (bicyclic) bond motifs is 1. The summed E-state index contributed by atoms with van der Waals surface area (Å²) in [4.78, 5) is 0. The summed E-state index contributed by atoms with van der Waals surface area (Å²) < 4.78 is 54.0. The Morgan fingerprint density at radius 2 is 1.32 bits per heavy atom. The van der Waals surface area contributed by atoms with Crippen molar-refractivity contribution in [3.63, 3.8) is 0 Å². The number of aliphatic hydroxyl groups excluding tert-OH is 1. The van der Waals surface area contributed by atoms with Crippen molar-refractivity contribution in [2.24, 2.45) is 0 Å². The standard InChI is InChI=1S/C17H10F4O/c18-12-8-13(19)16(21)14(15(12)20)17(22)11-6-5-9-3-1-2-4-10(9)7-11/h1-8,17,22H. The molecule has 22 heavy (non-hydrogen) atoms. The first-order valence-corrected chi connectivity index (χ1v) is 6.48. The molecule has 3 rings (SSSR count). The zero-order chi connectivity index (χ0) is 15.9. The minimum absolute atomic E-state index is 0.112. The average Bonchev–Trinajstić information content (AvgIpc) is 2.52. The molecule has 0 bridgehead atoms. The van der Waals surface area contributed by atoms with Gasteiger partial charge in [0.05, 0.1) is 5.56 Å². The van der Waals surface area contributed by atoms with Crippen molar-refractivity contribution in [1.29, 1.82) is 0 Å². The summed E-state index contributed by atoms with van der Waals surface area (Å²) in [7, 11) is 0. The van der Waals surface area contributed by atoms with Gasteiger partial charge in [0.2, 0.25) is 0 Å². The van der Waals surface area contributed by atoms with Crippen LogP contribution in [-0.2, 0) is 0 Å². The summed E-state index contributed by atoms with van der Waals surface area (Å²) in [6.45, 7) is 0. The quantitative estimate of drug-likeness (QED) is 0.547. The van der Waals surface area contributed by atoms with Crippen molar-refractivity contribution in [2.75, 3.05) is 0 Å². The second kappa shape index (κ2) is 5.42. The maximum absolute atomic E-state index is 13.8. The monoisotopic (exact) mass is 306 g/mol. The molecular formula is C17H10F4O. The normalized spacial score (nSPS) is 12.6. The van der Waals surface area contributed by atoms with Crippen molar-refractivity contribution in [3.8, 4) is 0 Å². The van der Waals surface area contributed by atoms with Crippen molar-refractivity contribution < 1.29 is 22.7 Å². The summed E-state index contributed by atoms with van der Waals surface area (Å²) >= 11 is 0. The van der Waals surface area contributed by atoms with Gasteiger partial charge in [0.1, 0.15) is 6.10 Å². The van der Waals surface area contributed by atoms with Gasteiger partial charge in [-0.3, -0.25) is 0 Å². The molecule has 0 saturated carbocycles. The van der Waals surface area contributed by atoms with Crippen LogP contribution in [0.4, 0.5) is 17.6 Å². The van der Waals surface area contributed by atoms with Crippen LogP contribution in [0.15, 0.2) is 48.5 Å². The van der Waals surface area contributed by atoms with E-state index in [0.717, 1.165) is 10.8 Å². The van der Waals surface area contributed by atoms with Gasteiger partial charge in [-0.2, -0.15) is 0 Å². The number of benzene rings is 3. The highest BCUT2D eigenvalue weighted by molar-refractivity contribution is 5.83. The SMILES string of the molecule is OC(c1ccc2ccccc2c1)c1c(F)c(F)cc(F)c1F. The van der Waals surface area contributed by atoms with Crippen LogP contribution in [-0.4, -0.2) is 5.11 Å². The van der Waals surface area contributed by atoms with Gasteiger partial charge >= 0.3 is 0 Å². The van der Waals surface area contributed by atoms with E-state index in [4.69, 9.17) is 0 Å². The third-order valence-corrected chi connectivity index (χ3v) is 3.51. The van der Waals surface area contributed by atoms with Gasteiger partial charge < -0.3 is 5.11 Å². The molecule has 1 N–H and O–H groups in total. The fourth-order valence-electron chi connectivity index (χ4n) is 2.38. The minimum Gasteiger partial charge on any atom is -0.383 e. The number of rotatable bonds is 2. The van der Waals surface area contributed by atoms with Crippen LogP contribution in [0.1, 0.15) is 17.2 Å². The Bertz CT molecular complexity index is 834. The maximum atomic E-state index is 13.8. The molecule has 0 heterocycles. The first kappa shape index (κ1) is 14.5. The summed E-state index contributed by atoms with van der Waals surface area (Å²) in [5.74, 6) is -6.29. The Balaban J connectivity index is 2.15. The second-order valence-electron chi connectivity index (χ2n) is 4.89. The second-order valence-corrected chi connectivity index (χ2v) is 4.89. The van der Waals surface area contributed by atoms with E-state index < -0.39 is 34.9 Å². The average molecular weight is 306 g/mol. The van der Waals surface area contributed by atoms with Crippen LogP contribution in [0.3, 0.4) is 0 Å². The smallest absolute Gasteiger partial charge is 0.168 e. The van der Waals surface area contributed by atoms with Crippen LogP contribution in [0.25, 0.3) is 10.8 Å². The minimum atomic E-state index is -1.81. The van der Waals surface area contributed by atoms with Gasteiger partial charge in [-0.25, -0.2) is 17.6 Å². The summed E-state index contributed by atoms with van der Waals surface area (Å²) in [6.07, 6.45) is -1.81. The number of aliphatic hydroxyl groups is 1. The van der Waals surface area contributed by atoms with Crippen LogP contribution < -0.4 is 0 Å². The lowest BCUT2D eigenvalue weighted by Gasteiger charge is -2.15. The first-order chi connectivity index (χ1) is 10.5. The van der Waals surface area contributed by atoms with Gasteiger partial charge in [-0.15, -0.1) is 0 Å². The molecule has 0 aliphatic carbocycles. The van der Waals surface area contributed by atoms with E-state index in [1.807, 2.05) is 12.1 Å². The molecule has 3 aromatic carbocycles. The molecule has 1 unspecified atom stereocenters. The molecule has 3 aromatic rings. The van der Waals surface area contributed by atoms with Crippen molar-refractivity contribution >= 4 is 10.8 Å². The summed E-state index contributed by atoms with van der Waals surface area (Å²) in [5.41, 5.74) is -0.894. The van der Waals surface area contributed by atoms with Gasteiger partial charge in [0, 0.05) is 6.07 Å². The van der Waals surface area contributed by atoms with Crippen molar-refractivity contribution in [3.05, 3.63) is 82.9 Å². The van der Waals surface area contributed by atoms with E-state index in [0.29, 0.717) is 0 Å². The van der Waals surface area contributed by atoms with Crippen molar-refractivity contribution in [2.45, 2.75) is 6.10 Å². The van der Waals surface area contributed by atoms with Crippen LogP contribution in [0, 0.1) is 23.3 Å². The molecule has 0 saturated heterocycles. The Labute approximate surface area is 123 Å². The van der Waals surface area contributed by atoms with Crippen LogP contribution in [0.5, 0.6) is 0 Å². The first-order valence-electron chi connectivity index (χ1n) is 6.48. The number of hydrogen-bond acceptors (Lipinski definition) is 1. The van der Waals surface area contributed by atoms with E-state index in [2.05, 4.69) is 0 Å². The molecule has 0 aliphatic rings. The lowest BCUT2D eigenvalue weighted by molar-refractivity contribution is 0.205. The Morgan fingerprint density at radius 1 is 0.727 bits per heavy atom. The van der Waals surface area contributed by atoms with E-state index in [1.54, 1.807) is 18.2 Å².